The van der Waals surface area contributed by atoms with Gasteiger partial charge in [-0.25, -0.2) is 0 Å². The van der Waals surface area contributed by atoms with Crippen LogP contribution >= 0.6 is 27.3 Å². The van der Waals surface area contributed by atoms with E-state index in [0.29, 0.717) is 12.0 Å². The Hall–Kier alpha value is -0.350. The number of rotatable bonds is 4. The van der Waals surface area contributed by atoms with Crippen molar-refractivity contribution in [2.45, 2.75) is 58.4 Å². The predicted octanol–water partition coefficient (Wildman–Crippen LogP) is 4.91. The summed E-state index contributed by atoms with van der Waals surface area (Å²) in [5, 5.41) is 3.24. The first-order valence-electron chi connectivity index (χ1n) is 7.18. The summed E-state index contributed by atoms with van der Waals surface area (Å²) in [7, 11) is 0. The maximum Gasteiger partial charge on any atom is 0.261 e. The Kier molecular flexibility index (Phi) is 5.46. The van der Waals surface area contributed by atoms with Crippen LogP contribution in [0.5, 0.6) is 0 Å². The highest BCUT2D eigenvalue weighted by Gasteiger charge is 2.24. The maximum atomic E-state index is 12.3. The molecule has 1 unspecified atom stereocenters. The number of nitrogens with one attached hydrogen (secondary N) is 1. The molecular formula is C15H22BrNOS. The minimum absolute atomic E-state index is 0.0937. The second kappa shape index (κ2) is 6.89. The van der Waals surface area contributed by atoms with E-state index in [1.54, 1.807) is 0 Å². The first-order chi connectivity index (χ1) is 9.11. The van der Waals surface area contributed by atoms with Gasteiger partial charge in [-0.3, -0.25) is 4.79 Å². The van der Waals surface area contributed by atoms with E-state index in [4.69, 9.17) is 0 Å². The van der Waals surface area contributed by atoms with Crippen LogP contribution < -0.4 is 5.32 Å². The standard InChI is InChI=1S/C15H22BrNOS/c1-3-12(11-7-5-4-6-8-11)17-15(18)13-9-10(2)14(16)19-13/h9,11-12H,3-8H2,1-2H3,(H,17,18). The van der Waals surface area contributed by atoms with Crippen LogP contribution in [0, 0.1) is 12.8 Å². The number of thiophene rings is 1. The Morgan fingerprint density at radius 3 is 2.68 bits per heavy atom. The lowest BCUT2D eigenvalue weighted by atomic mass is 9.83. The molecule has 2 rings (SSSR count). The number of amides is 1. The molecule has 0 saturated heterocycles. The first-order valence-corrected chi connectivity index (χ1v) is 8.79. The number of halogens is 1. The van der Waals surface area contributed by atoms with E-state index in [9.17, 15) is 4.79 Å². The molecule has 0 bridgehead atoms. The van der Waals surface area contributed by atoms with E-state index >= 15 is 0 Å². The summed E-state index contributed by atoms with van der Waals surface area (Å²) in [6.07, 6.45) is 7.57. The van der Waals surface area contributed by atoms with Crippen molar-refractivity contribution in [3.8, 4) is 0 Å². The highest BCUT2D eigenvalue weighted by Crippen LogP contribution is 2.30. The van der Waals surface area contributed by atoms with Crippen LogP contribution in [0.3, 0.4) is 0 Å². The Morgan fingerprint density at radius 2 is 2.16 bits per heavy atom. The average molecular weight is 344 g/mol. The molecule has 0 aromatic carbocycles. The van der Waals surface area contributed by atoms with Crippen molar-refractivity contribution in [2.75, 3.05) is 0 Å². The molecule has 1 heterocycles. The van der Waals surface area contributed by atoms with Gasteiger partial charge in [0.15, 0.2) is 0 Å². The third kappa shape index (κ3) is 3.82. The molecule has 1 aliphatic rings. The Morgan fingerprint density at radius 1 is 1.47 bits per heavy atom. The van der Waals surface area contributed by atoms with Gasteiger partial charge in [-0.1, -0.05) is 26.2 Å². The quantitative estimate of drug-likeness (QED) is 0.826. The highest BCUT2D eigenvalue weighted by molar-refractivity contribution is 9.11. The molecule has 0 aliphatic heterocycles. The molecule has 2 nitrogen and oxygen atoms in total. The van der Waals surface area contributed by atoms with Crippen molar-refractivity contribution in [1.29, 1.82) is 0 Å². The molecule has 1 aliphatic carbocycles. The lowest BCUT2D eigenvalue weighted by Crippen LogP contribution is -2.40. The molecule has 1 aromatic heterocycles. The fourth-order valence-electron chi connectivity index (χ4n) is 2.90. The van der Waals surface area contributed by atoms with Gasteiger partial charge in [0.05, 0.1) is 8.66 Å². The van der Waals surface area contributed by atoms with Crippen LogP contribution in [0.1, 0.15) is 60.7 Å². The molecule has 0 spiro atoms. The monoisotopic (exact) mass is 343 g/mol. The number of hydrogen-bond donors (Lipinski definition) is 1. The van der Waals surface area contributed by atoms with Crippen molar-refractivity contribution in [3.05, 3.63) is 20.3 Å². The molecule has 1 amide bonds. The van der Waals surface area contributed by atoms with Gasteiger partial charge in [0.1, 0.15) is 0 Å². The van der Waals surface area contributed by atoms with Crippen molar-refractivity contribution in [3.63, 3.8) is 0 Å². The molecule has 0 radical (unpaired) electrons. The minimum Gasteiger partial charge on any atom is -0.348 e. The van der Waals surface area contributed by atoms with E-state index < -0.39 is 0 Å². The number of hydrogen-bond acceptors (Lipinski definition) is 2. The highest BCUT2D eigenvalue weighted by atomic mass is 79.9. The summed E-state index contributed by atoms with van der Waals surface area (Å²) in [5.41, 5.74) is 1.14. The van der Waals surface area contributed by atoms with Crippen molar-refractivity contribution < 1.29 is 4.79 Å². The summed E-state index contributed by atoms with van der Waals surface area (Å²) in [6, 6.07) is 2.31. The lowest BCUT2D eigenvalue weighted by Gasteiger charge is -2.30. The van der Waals surface area contributed by atoms with Crippen molar-refractivity contribution in [1.82, 2.24) is 5.32 Å². The zero-order valence-electron chi connectivity index (χ0n) is 11.7. The van der Waals surface area contributed by atoms with E-state index in [1.165, 1.54) is 43.4 Å². The van der Waals surface area contributed by atoms with Crippen LogP contribution in [0.25, 0.3) is 0 Å². The van der Waals surface area contributed by atoms with Gasteiger partial charge in [-0.05, 0) is 59.7 Å². The molecule has 106 valence electrons. The largest absolute Gasteiger partial charge is 0.348 e. The first kappa shape index (κ1) is 15.0. The van der Waals surface area contributed by atoms with Gasteiger partial charge < -0.3 is 5.32 Å². The molecule has 1 N–H and O–H groups in total. The molecule has 19 heavy (non-hydrogen) atoms. The van der Waals surface area contributed by atoms with Gasteiger partial charge in [0.2, 0.25) is 0 Å². The SMILES string of the molecule is CCC(NC(=O)c1cc(C)c(Br)s1)C1CCCCC1. The van der Waals surface area contributed by atoms with Crippen LogP contribution in [-0.4, -0.2) is 11.9 Å². The zero-order chi connectivity index (χ0) is 13.8. The van der Waals surface area contributed by atoms with Gasteiger partial charge >= 0.3 is 0 Å². The van der Waals surface area contributed by atoms with Gasteiger partial charge in [-0.15, -0.1) is 11.3 Å². The van der Waals surface area contributed by atoms with Gasteiger partial charge in [-0.2, -0.15) is 0 Å². The summed E-state index contributed by atoms with van der Waals surface area (Å²) in [6.45, 7) is 4.20. The Balaban J connectivity index is 1.99. The molecule has 1 atom stereocenters. The van der Waals surface area contributed by atoms with Crippen molar-refractivity contribution in [2.24, 2.45) is 5.92 Å². The van der Waals surface area contributed by atoms with Crippen LogP contribution in [0.4, 0.5) is 0 Å². The van der Waals surface area contributed by atoms with E-state index in [2.05, 4.69) is 28.2 Å². The molecule has 1 fully saturated rings. The van der Waals surface area contributed by atoms with E-state index in [-0.39, 0.29) is 5.91 Å². The second-order valence-corrected chi connectivity index (χ2v) is 7.82. The lowest BCUT2D eigenvalue weighted by molar-refractivity contribution is 0.0915. The molecule has 4 heteroatoms. The average Bonchev–Trinajstić information content (AvgIpc) is 2.77. The topological polar surface area (TPSA) is 29.1 Å². The Bertz CT molecular complexity index is 418. The number of aryl methyl sites for hydroxylation is 1. The fourth-order valence-corrected chi connectivity index (χ4v) is 4.34. The second-order valence-electron chi connectivity index (χ2n) is 5.45. The Labute approximate surface area is 128 Å². The van der Waals surface area contributed by atoms with E-state index in [1.807, 2.05) is 13.0 Å². The smallest absolute Gasteiger partial charge is 0.261 e. The molecule has 1 saturated carbocycles. The van der Waals surface area contributed by atoms with Gasteiger partial charge in [0, 0.05) is 6.04 Å². The predicted molar refractivity (Wildman–Crippen MR) is 84.9 cm³/mol. The summed E-state index contributed by atoms with van der Waals surface area (Å²) in [4.78, 5) is 13.1. The van der Waals surface area contributed by atoms with Crippen LogP contribution in [-0.2, 0) is 0 Å². The summed E-state index contributed by atoms with van der Waals surface area (Å²) in [5.74, 6) is 0.767. The van der Waals surface area contributed by atoms with E-state index in [0.717, 1.165) is 20.6 Å². The summed E-state index contributed by atoms with van der Waals surface area (Å²) < 4.78 is 1.06. The minimum atomic E-state index is 0.0937. The van der Waals surface area contributed by atoms with Crippen LogP contribution in [0.2, 0.25) is 0 Å². The third-order valence-electron chi connectivity index (χ3n) is 4.06. The molecular weight excluding hydrogens is 322 g/mol. The summed E-state index contributed by atoms with van der Waals surface area (Å²) >= 11 is 5.01. The fraction of sp³-hybridized carbons (Fsp3) is 0.667. The van der Waals surface area contributed by atoms with Crippen LogP contribution in [0.15, 0.2) is 9.85 Å². The zero-order valence-corrected chi connectivity index (χ0v) is 14.1. The maximum absolute atomic E-state index is 12.3. The van der Waals surface area contributed by atoms with Crippen molar-refractivity contribution >= 4 is 33.2 Å². The normalized spacial score (nSPS) is 18.3. The number of carbonyl (C=O) groups excluding carboxylic acids is 1. The third-order valence-corrected chi connectivity index (χ3v) is 6.19. The van der Waals surface area contributed by atoms with Gasteiger partial charge in [0.25, 0.3) is 5.91 Å². The molecule has 1 aromatic rings. The number of carbonyl (C=O) groups is 1.